The Kier molecular flexibility index (Phi) is 2.12. The van der Waals surface area contributed by atoms with Crippen LogP contribution in [0.25, 0.3) is 11.6 Å². The zero-order chi connectivity index (χ0) is 8.55. The zero-order valence-electron chi connectivity index (χ0n) is 5.49. The van der Waals surface area contributed by atoms with E-state index >= 15 is 0 Å². The number of rotatable bonds is 1. The van der Waals surface area contributed by atoms with Crippen LogP contribution >= 0.6 is 38.9 Å². The van der Waals surface area contributed by atoms with E-state index in [4.69, 9.17) is 16.0 Å². The Balaban J connectivity index is 2.50. The van der Waals surface area contributed by atoms with Gasteiger partial charge < -0.3 is 4.42 Å². The van der Waals surface area contributed by atoms with E-state index in [0.717, 1.165) is 3.79 Å². The second-order valence-corrected chi connectivity index (χ2v) is 4.33. The van der Waals surface area contributed by atoms with Gasteiger partial charge >= 0.3 is 5.35 Å². The van der Waals surface area contributed by atoms with Gasteiger partial charge in [0.1, 0.15) is 3.79 Å². The van der Waals surface area contributed by atoms with Crippen LogP contribution in [0.5, 0.6) is 0 Å². The Bertz CT molecular complexity index is 401. The quantitative estimate of drug-likeness (QED) is 0.796. The van der Waals surface area contributed by atoms with E-state index in [1.54, 1.807) is 5.51 Å². The molecule has 2 heterocycles. The van der Waals surface area contributed by atoms with Gasteiger partial charge in [-0.3, -0.25) is 0 Å². The van der Waals surface area contributed by atoms with Crippen LogP contribution in [-0.4, -0.2) is 15.2 Å². The first kappa shape index (κ1) is 8.15. The first-order chi connectivity index (χ1) is 5.77. The summed E-state index contributed by atoms with van der Waals surface area (Å²) in [6.45, 7) is 0. The van der Waals surface area contributed by atoms with Crippen molar-refractivity contribution in [3.05, 3.63) is 14.6 Å². The van der Waals surface area contributed by atoms with E-state index in [1.165, 1.54) is 11.3 Å². The highest BCUT2D eigenvalue weighted by Gasteiger charge is 2.12. The molecule has 0 atom stereocenters. The molecule has 0 amide bonds. The average molecular weight is 267 g/mol. The smallest absolute Gasteiger partial charge is 0.313 e. The lowest BCUT2D eigenvalue weighted by Gasteiger charge is -1.85. The van der Waals surface area contributed by atoms with Crippen LogP contribution in [0.2, 0.25) is 5.35 Å². The van der Waals surface area contributed by atoms with Crippen molar-refractivity contribution in [2.24, 2.45) is 0 Å². The highest BCUT2D eigenvalue weighted by molar-refractivity contribution is 9.11. The van der Waals surface area contributed by atoms with E-state index in [-0.39, 0.29) is 5.35 Å². The number of aromatic nitrogens is 3. The van der Waals surface area contributed by atoms with Crippen molar-refractivity contribution in [3.8, 4) is 11.6 Å². The minimum atomic E-state index is 0.0184. The van der Waals surface area contributed by atoms with Crippen molar-refractivity contribution in [1.82, 2.24) is 15.2 Å². The second kappa shape index (κ2) is 3.12. The Morgan fingerprint density at radius 1 is 1.50 bits per heavy atom. The second-order valence-electron chi connectivity index (χ2n) is 1.83. The molecule has 7 heteroatoms. The third kappa shape index (κ3) is 1.37. The maximum Gasteiger partial charge on any atom is 0.313 e. The number of hydrogen-bond acceptors (Lipinski definition) is 5. The lowest BCUT2D eigenvalue weighted by molar-refractivity contribution is 0.568. The third-order valence-corrected chi connectivity index (χ3v) is 2.83. The standard InChI is InChI=1S/C5HBrClN3OS/c6-3-2(8-1-12-3)4-9-10-5(7)11-4/h1H. The molecule has 0 aliphatic rings. The van der Waals surface area contributed by atoms with Gasteiger partial charge in [0.05, 0.1) is 5.51 Å². The molecule has 2 aromatic heterocycles. The van der Waals surface area contributed by atoms with Crippen LogP contribution in [0, 0.1) is 0 Å². The lowest BCUT2D eigenvalue weighted by Crippen LogP contribution is -1.77. The maximum atomic E-state index is 5.45. The number of nitrogens with zero attached hydrogens (tertiary/aromatic N) is 3. The topological polar surface area (TPSA) is 51.8 Å². The molecule has 0 N–H and O–H groups in total. The fourth-order valence-corrected chi connectivity index (χ4v) is 1.81. The average Bonchev–Trinajstić information content (AvgIpc) is 2.58. The van der Waals surface area contributed by atoms with Crippen molar-refractivity contribution in [3.63, 3.8) is 0 Å². The van der Waals surface area contributed by atoms with Crippen LogP contribution in [0.15, 0.2) is 13.7 Å². The minimum Gasteiger partial charge on any atom is -0.406 e. The molecule has 0 fully saturated rings. The van der Waals surface area contributed by atoms with E-state index in [1.807, 2.05) is 0 Å². The molecule has 0 aliphatic heterocycles. The van der Waals surface area contributed by atoms with Gasteiger partial charge in [-0.05, 0) is 27.5 Å². The molecule has 0 aromatic carbocycles. The van der Waals surface area contributed by atoms with E-state index in [0.29, 0.717) is 11.6 Å². The Labute approximate surface area is 84.7 Å². The summed E-state index contributed by atoms with van der Waals surface area (Å²) in [4.78, 5) is 4.02. The van der Waals surface area contributed by atoms with Crippen molar-refractivity contribution >= 4 is 38.9 Å². The van der Waals surface area contributed by atoms with Crippen molar-refractivity contribution in [2.45, 2.75) is 0 Å². The van der Waals surface area contributed by atoms with Crippen molar-refractivity contribution in [1.29, 1.82) is 0 Å². The molecule has 0 saturated carbocycles. The maximum absolute atomic E-state index is 5.45. The fourth-order valence-electron chi connectivity index (χ4n) is 0.672. The summed E-state index contributed by atoms with van der Waals surface area (Å²) in [5.41, 5.74) is 2.30. The summed E-state index contributed by atoms with van der Waals surface area (Å²) in [5.74, 6) is 0.327. The van der Waals surface area contributed by atoms with Crippen LogP contribution in [-0.2, 0) is 0 Å². The molecule has 0 spiro atoms. The van der Waals surface area contributed by atoms with Gasteiger partial charge in [0.15, 0.2) is 5.69 Å². The SMILES string of the molecule is Clc1nnc(-c2ncsc2Br)o1. The number of halogens is 2. The first-order valence-electron chi connectivity index (χ1n) is 2.86. The molecule has 0 saturated heterocycles. The molecule has 0 radical (unpaired) electrons. The summed E-state index contributed by atoms with van der Waals surface area (Å²) in [7, 11) is 0. The van der Waals surface area contributed by atoms with Gasteiger partial charge in [0.2, 0.25) is 0 Å². The summed E-state index contributed by atoms with van der Waals surface area (Å²) in [6, 6.07) is 0. The summed E-state index contributed by atoms with van der Waals surface area (Å²) < 4.78 is 5.82. The van der Waals surface area contributed by atoms with Crippen LogP contribution in [0.1, 0.15) is 0 Å². The fraction of sp³-hybridized carbons (Fsp3) is 0. The van der Waals surface area contributed by atoms with Crippen LogP contribution < -0.4 is 0 Å². The molecular weight excluding hydrogens is 265 g/mol. The highest BCUT2D eigenvalue weighted by Crippen LogP contribution is 2.29. The summed E-state index contributed by atoms with van der Waals surface area (Å²) in [5, 5.41) is 7.21. The lowest BCUT2D eigenvalue weighted by atomic mass is 10.5. The minimum absolute atomic E-state index is 0.0184. The Hall–Kier alpha value is -0.460. The van der Waals surface area contributed by atoms with E-state index < -0.39 is 0 Å². The molecule has 4 nitrogen and oxygen atoms in total. The molecule has 12 heavy (non-hydrogen) atoms. The molecular formula is C5HBrClN3OS. The molecule has 0 unspecified atom stereocenters. The van der Waals surface area contributed by atoms with Gasteiger partial charge in [-0.1, -0.05) is 5.10 Å². The zero-order valence-corrected chi connectivity index (χ0v) is 8.65. The number of thiazole rings is 1. The van der Waals surface area contributed by atoms with Gasteiger partial charge in [-0.15, -0.1) is 16.4 Å². The normalized spacial score (nSPS) is 10.5. The molecule has 62 valence electrons. The monoisotopic (exact) mass is 265 g/mol. The third-order valence-electron chi connectivity index (χ3n) is 1.13. The Morgan fingerprint density at radius 3 is 2.83 bits per heavy atom. The number of hydrogen-bond donors (Lipinski definition) is 0. The Morgan fingerprint density at radius 2 is 2.33 bits per heavy atom. The van der Waals surface area contributed by atoms with Gasteiger partial charge in [-0.2, -0.15) is 0 Å². The van der Waals surface area contributed by atoms with Crippen LogP contribution in [0.3, 0.4) is 0 Å². The molecule has 0 aliphatic carbocycles. The van der Waals surface area contributed by atoms with Gasteiger partial charge in [0.25, 0.3) is 5.89 Å². The summed E-state index contributed by atoms with van der Waals surface area (Å²) in [6.07, 6.45) is 0. The largest absolute Gasteiger partial charge is 0.406 e. The molecule has 2 aromatic rings. The molecule has 0 bridgehead atoms. The van der Waals surface area contributed by atoms with E-state index in [2.05, 4.69) is 31.1 Å². The van der Waals surface area contributed by atoms with Crippen molar-refractivity contribution < 1.29 is 4.42 Å². The van der Waals surface area contributed by atoms with Crippen molar-refractivity contribution in [2.75, 3.05) is 0 Å². The van der Waals surface area contributed by atoms with E-state index in [9.17, 15) is 0 Å². The highest BCUT2D eigenvalue weighted by atomic mass is 79.9. The predicted molar refractivity (Wildman–Crippen MR) is 48.1 cm³/mol. The predicted octanol–water partition coefficient (Wildman–Crippen LogP) is 2.61. The first-order valence-corrected chi connectivity index (χ1v) is 4.91. The van der Waals surface area contributed by atoms with Gasteiger partial charge in [0, 0.05) is 0 Å². The van der Waals surface area contributed by atoms with Gasteiger partial charge in [-0.25, -0.2) is 4.98 Å². The molecule has 2 rings (SSSR count). The summed E-state index contributed by atoms with van der Waals surface area (Å²) >= 11 is 10.2. The van der Waals surface area contributed by atoms with Crippen LogP contribution in [0.4, 0.5) is 0 Å².